The number of aromatic nitrogens is 2. The minimum atomic E-state index is -0.275. The molecule has 0 fully saturated rings. The predicted molar refractivity (Wildman–Crippen MR) is 93.3 cm³/mol. The van der Waals surface area contributed by atoms with Gasteiger partial charge in [0.2, 0.25) is 0 Å². The van der Waals surface area contributed by atoms with Gasteiger partial charge in [0.1, 0.15) is 0 Å². The number of nitrogens with one attached hydrogen (secondary N) is 1. The summed E-state index contributed by atoms with van der Waals surface area (Å²) in [4.78, 5) is 31.4. The lowest BCUT2D eigenvalue weighted by atomic mass is 10.0. The van der Waals surface area contributed by atoms with Gasteiger partial charge in [0.15, 0.2) is 10.9 Å². The number of carbonyl (C=O) groups excluding carboxylic acids is 2. The molecule has 122 valence electrons. The summed E-state index contributed by atoms with van der Waals surface area (Å²) >= 11 is 1.28. The first-order valence-electron chi connectivity index (χ1n) is 7.55. The lowest BCUT2D eigenvalue weighted by molar-refractivity contribution is -0.139. The smallest absolute Gasteiger partial charge is 0.316 e. The second-order valence-corrected chi connectivity index (χ2v) is 6.03. The normalized spacial score (nSPS) is 10.7. The Bertz CT molecular complexity index is 874. The molecule has 0 saturated carbocycles. The number of fused-ring (bicyclic) bond motifs is 1. The number of H-pyrrole nitrogens is 1. The Morgan fingerprint density at radius 3 is 2.67 bits per heavy atom. The summed E-state index contributed by atoms with van der Waals surface area (Å²) in [6, 6.07) is 14.5. The Morgan fingerprint density at radius 1 is 1.12 bits per heavy atom. The van der Waals surface area contributed by atoms with Crippen molar-refractivity contribution in [2.45, 2.75) is 12.1 Å². The molecule has 2 aromatic carbocycles. The van der Waals surface area contributed by atoms with E-state index in [1.165, 1.54) is 11.8 Å². The summed E-state index contributed by atoms with van der Waals surface area (Å²) in [5, 5.41) is 0.627. The number of imidazole rings is 1. The van der Waals surface area contributed by atoms with Crippen molar-refractivity contribution in [3.63, 3.8) is 0 Å². The van der Waals surface area contributed by atoms with Gasteiger partial charge in [-0.25, -0.2) is 4.98 Å². The van der Waals surface area contributed by atoms with E-state index < -0.39 is 0 Å². The lowest BCUT2D eigenvalue weighted by Gasteiger charge is -2.00. The molecule has 0 spiro atoms. The van der Waals surface area contributed by atoms with Gasteiger partial charge in [-0.15, -0.1) is 0 Å². The number of thioether (sulfide) groups is 1. The van der Waals surface area contributed by atoms with E-state index in [0.717, 1.165) is 11.0 Å². The Hall–Kier alpha value is -2.60. The monoisotopic (exact) mass is 340 g/mol. The number of esters is 1. The van der Waals surface area contributed by atoms with E-state index in [4.69, 9.17) is 4.74 Å². The summed E-state index contributed by atoms with van der Waals surface area (Å²) < 4.78 is 4.89. The summed E-state index contributed by atoms with van der Waals surface area (Å²) in [5.74, 6) is -0.112. The van der Waals surface area contributed by atoms with Crippen LogP contribution in [0.4, 0.5) is 0 Å². The first kappa shape index (κ1) is 16.3. The largest absolute Gasteiger partial charge is 0.465 e. The van der Waals surface area contributed by atoms with E-state index in [1.807, 2.05) is 18.2 Å². The second-order valence-electron chi connectivity index (χ2n) is 5.06. The summed E-state index contributed by atoms with van der Waals surface area (Å²) in [5.41, 5.74) is 2.77. The molecule has 0 amide bonds. The minimum absolute atomic E-state index is 0.0344. The molecule has 1 N–H and O–H groups in total. The van der Waals surface area contributed by atoms with Crippen LogP contribution in [0.25, 0.3) is 11.0 Å². The fourth-order valence-electron chi connectivity index (χ4n) is 2.28. The number of aromatic amines is 1. The van der Waals surface area contributed by atoms with Crippen LogP contribution in [0.1, 0.15) is 22.8 Å². The van der Waals surface area contributed by atoms with Crippen LogP contribution in [-0.2, 0) is 9.53 Å². The fourth-order valence-corrected chi connectivity index (χ4v) is 2.96. The fraction of sp³-hybridized carbons (Fsp3) is 0.167. The van der Waals surface area contributed by atoms with E-state index in [1.54, 1.807) is 37.3 Å². The van der Waals surface area contributed by atoms with Gasteiger partial charge in [0, 0.05) is 11.1 Å². The van der Waals surface area contributed by atoms with Crippen LogP contribution in [0.5, 0.6) is 0 Å². The third kappa shape index (κ3) is 3.65. The van der Waals surface area contributed by atoms with E-state index >= 15 is 0 Å². The molecule has 5 nitrogen and oxygen atoms in total. The number of ether oxygens (including phenoxy) is 1. The zero-order valence-electron chi connectivity index (χ0n) is 13.1. The molecule has 24 heavy (non-hydrogen) atoms. The number of nitrogens with zero attached hydrogens (tertiary/aromatic N) is 1. The maximum absolute atomic E-state index is 12.5. The quantitative estimate of drug-likeness (QED) is 0.423. The lowest BCUT2D eigenvalue weighted by Crippen LogP contribution is -2.06. The Balaban J connectivity index is 1.79. The highest BCUT2D eigenvalue weighted by Gasteiger charge is 2.12. The van der Waals surface area contributed by atoms with Crippen molar-refractivity contribution >= 4 is 34.5 Å². The average molecular weight is 340 g/mol. The van der Waals surface area contributed by atoms with Crippen LogP contribution in [0.2, 0.25) is 0 Å². The van der Waals surface area contributed by atoms with E-state index in [2.05, 4.69) is 9.97 Å². The predicted octanol–water partition coefficient (Wildman–Crippen LogP) is 3.45. The molecule has 0 unspecified atom stereocenters. The molecule has 1 aromatic heterocycles. The van der Waals surface area contributed by atoms with Crippen molar-refractivity contribution in [1.29, 1.82) is 0 Å². The third-order valence-corrected chi connectivity index (χ3v) is 4.24. The second kappa shape index (κ2) is 7.31. The maximum Gasteiger partial charge on any atom is 0.316 e. The van der Waals surface area contributed by atoms with Crippen LogP contribution >= 0.6 is 11.8 Å². The van der Waals surface area contributed by atoms with Crippen molar-refractivity contribution in [2.24, 2.45) is 0 Å². The molecular formula is C18H16N2O3S. The Labute approximate surface area is 143 Å². The van der Waals surface area contributed by atoms with Crippen LogP contribution < -0.4 is 0 Å². The van der Waals surface area contributed by atoms with Gasteiger partial charge < -0.3 is 9.72 Å². The van der Waals surface area contributed by atoms with E-state index in [0.29, 0.717) is 22.9 Å². The maximum atomic E-state index is 12.5. The van der Waals surface area contributed by atoms with Crippen molar-refractivity contribution in [3.05, 3.63) is 59.7 Å². The highest BCUT2D eigenvalue weighted by Crippen LogP contribution is 2.21. The molecule has 0 radical (unpaired) electrons. The molecule has 0 aliphatic carbocycles. The van der Waals surface area contributed by atoms with Crippen LogP contribution in [0.15, 0.2) is 53.7 Å². The van der Waals surface area contributed by atoms with Crippen molar-refractivity contribution in [1.82, 2.24) is 9.97 Å². The van der Waals surface area contributed by atoms with Crippen LogP contribution in [-0.4, -0.2) is 34.1 Å². The summed E-state index contributed by atoms with van der Waals surface area (Å²) in [7, 11) is 0. The SMILES string of the molecule is CCOC(=O)CSc1nc2ccc(C(=O)c3ccccc3)cc2[nH]1. The molecule has 0 bridgehead atoms. The molecule has 1 heterocycles. The van der Waals surface area contributed by atoms with E-state index in [-0.39, 0.29) is 17.5 Å². The molecule has 3 rings (SSSR count). The zero-order chi connectivity index (χ0) is 16.9. The van der Waals surface area contributed by atoms with Crippen molar-refractivity contribution in [2.75, 3.05) is 12.4 Å². The Kier molecular flexibility index (Phi) is 4.96. The molecule has 3 aromatic rings. The number of hydrogen-bond donors (Lipinski definition) is 1. The van der Waals surface area contributed by atoms with Gasteiger partial charge in [-0.3, -0.25) is 9.59 Å². The Morgan fingerprint density at radius 2 is 1.92 bits per heavy atom. The number of hydrogen-bond acceptors (Lipinski definition) is 5. The van der Waals surface area contributed by atoms with Gasteiger partial charge in [-0.2, -0.15) is 0 Å². The highest BCUT2D eigenvalue weighted by molar-refractivity contribution is 7.99. The minimum Gasteiger partial charge on any atom is -0.465 e. The van der Waals surface area contributed by atoms with Gasteiger partial charge in [-0.1, -0.05) is 42.1 Å². The first-order valence-corrected chi connectivity index (χ1v) is 8.54. The molecular weight excluding hydrogens is 324 g/mol. The van der Waals surface area contributed by atoms with Crippen molar-refractivity contribution in [3.8, 4) is 0 Å². The number of rotatable bonds is 6. The van der Waals surface area contributed by atoms with Gasteiger partial charge in [0.05, 0.1) is 23.4 Å². The summed E-state index contributed by atoms with van der Waals surface area (Å²) in [6.07, 6.45) is 0. The topological polar surface area (TPSA) is 72.0 Å². The number of benzene rings is 2. The molecule has 0 aliphatic heterocycles. The highest BCUT2D eigenvalue weighted by atomic mass is 32.2. The summed E-state index contributed by atoms with van der Waals surface area (Å²) in [6.45, 7) is 2.14. The standard InChI is InChI=1S/C18H16N2O3S/c1-2-23-16(21)11-24-18-19-14-9-8-13(10-15(14)20-18)17(22)12-6-4-3-5-7-12/h3-10H,2,11H2,1H3,(H,19,20). The first-order chi connectivity index (χ1) is 11.7. The third-order valence-electron chi connectivity index (χ3n) is 3.39. The van der Waals surface area contributed by atoms with Crippen LogP contribution in [0, 0.1) is 0 Å². The van der Waals surface area contributed by atoms with Gasteiger partial charge >= 0.3 is 5.97 Å². The van der Waals surface area contributed by atoms with Gasteiger partial charge in [0.25, 0.3) is 0 Å². The number of ketones is 1. The van der Waals surface area contributed by atoms with Gasteiger partial charge in [-0.05, 0) is 25.1 Å². The molecule has 0 saturated heterocycles. The molecule has 0 aliphatic rings. The van der Waals surface area contributed by atoms with Crippen LogP contribution in [0.3, 0.4) is 0 Å². The average Bonchev–Trinajstić information content (AvgIpc) is 3.02. The van der Waals surface area contributed by atoms with E-state index in [9.17, 15) is 9.59 Å². The molecule has 0 atom stereocenters. The zero-order valence-corrected chi connectivity index (χ0v) is 13.9. The van der Waals surface area contributed by atoms with Crippen molar-refractivity contribution < 1.29 is 14.3 Å². The number of carbonyl (C=O) groups is 2. The molecule has 6 heteroatoms.